The molecule has 0 saturated heterocycles. The molecule has 0 saturated carbocycles. The predicted octanol–water partition coefficient (Wildman–Crippen LogP) is 1.14. The van der Waals surface area contributed by atoms with E-state index in [0.29, 0.717) is 31.3 Å². The second-order valence-electron chi connectivity index (χ2n) is 5.37. The minimum Gasteiger partial charge on any atom is -0.377 e. The van der Waals surface area contributed by atoms with Gasteiger partial charge in [-0.1, -0.05) is 0 Å². The molecule has 2 aromatic rings. The fourth-order valence-electron chi connectivity index (χ4n) is 2.58. The highest BCUT2D eigenvalue weighted by atomic mass is 19.3. The summed E-state index contributed by atoms with van der Waals surface area (Å²) in [4.78, 5) is 13.8. The summed E-state index contributed by atoms with van der Waals surface area (Å²) < 4.78 is 34.0. The zero-order valence-electron chi connectivity index (χ0n) is 13.2. The van der Waals surface area contributed by atoms with Gasteiger partial charge in [0.2, 0.25) is 0 Å². The van der Waals surface area contributed by atoms with E-state index in [9.17, 15) is 13.6 Å². The van der Waals surface area contributed by atoms with Crippen LogP contribution in [0.25, 0.3) is 0 Å². The quantitative estimate of drug-likeness (QED) is 0.901. The number of alkyl halides is 2. The lowest BCUT2D eigenvalue weighted by Gasteiger charge is -2.27. The first kappa shape index (κ1) is 16.3. The van der Waals surface area contributed by atoms with Crippen LogP contribution in [0.4, 0.5) is 19.3 Å². The fraction of sp³-hybridized carbons (Fsp3) is 0.538. The van der Waals surface area contributed by atoms with Crippen LogP contribution in [0, 0.1) is 0 Å². The Balaban J connectivity index is 1.71. The second kappa shape index (κ2) is 6.51. The van der Waals surface area contributed by atoms with E-state index in [2.05, 4.69) is 20.6 Å². The molecule has 0 fully saturated rings. The Kier molecular flexibility index (Phi) is 4.42. The maximum Gasteiger partial charge on any atom is 0.322 e. The number of aryl methyl sites for hydroxylation is 1. The van der Waals surface area contributed by atoms with Crippen molar-refractivity contribution >= 4 is 11.7 Å². The van der Waals surface area contributed by atoms with Crippen LogP contribution in [-0.2, 0) is 31.5 Å². The van der Waals surface area contributed by atoms with Gasteiger partial charge in [-0.3, -0.25) is 4.68 Å². The number of nitrogens with one attached hydrogen (secondary N) is 1. The number of aromatic nitrogens is 5. The monoisotopic (exact) mass is 341 g/mol. The number of amides is 2. The third-order valence-corrected chi connectivity index (χ3v) is 3.70. The first-order valence-corrected chi connectivity index (χ1v) is 7.27. The SMILES string of the molecule is COCc1nnc2n1CCN(C(=O)Nc1cn(C)nc1C(F)F)C2. The number of methoxy groups -OCH3 is 1. The molecule has 1 N–H and O–H groups in total. The van der Waals surface area contributed by atoms with Crippen molar-refractivity contribution in [1.29, 1.82) is 0 Å². The molecule has 130 valence electrons. The third kappa shape index (κ3) is 3.07. The number of carbonyl (C=O) groups excluding carboxylic acids is 1. The van der Waals surface area contributed by atoms with Crippen LogP contribution in [0.5, 0.6) is 0 Å². The van der Waals surface area contributed by atoms with Crippen molar-refractivity contribution in [2.45, 2.75) is 26.1 Å². The van der Waals surface area contributed by atoms with Crippen molar-refractivity contribution in [2.75, 3.05) is 19.0 Å². The zero-order valence-corrected chi connectivity index (χ0v) is 13.2. The van der Waals surface area contributed by atoms with E-state index in [0.717, 1.165) is 0 Å². The normalized spacial score (nSPS) is 14.1. The van der Waals surface area contributed by atoms with Gasteiger partial charge in [0, 0.05) is 33.4 Å². The second-order valence-corrected chi connectivity index (χ2v) is 5.37. The highest BCUT2D eigenvalue weighted by Crippen LogP contribution is 2.25. The Morgan fingerprint density at radius 1 is 1.42 bits per heavy atom. The topological polar surface area (TPSA) is 90.1 Å². The van der Waals surface area contributed by atoms with Gasteiger partial charge in [0.05, 0.1) is 12.2 Å². The molecule has 0 unspecified atom stereocenters. The largest absolute Gasteiger partial charge is 0.377 e. The van der Waals surface area contributed by atoms with Crippen LogP contribution in [0.2, 0.25) is 0 Å². The van der Waals surface area contributed by atoms with Gasteiger partial charge in [-0.15, -0.1) is 10.2 Å². The van der Waals surface area contributed by atoms with E-state index in [-0.39, 0.29) is 12.2 Å². The Hall–Kier alpha value is -2.56. The molecule has 9 nitrogen and oxygen atoms in total. The Morgan fingerprint density at radius 3 is 2.92 bits per heavy atom. The van der Waals surface area contributed by atoms with Crippen LogP contribution in [0.1, 0.15) is 23.8 Å². The molecule has 0 atom stereocenters. The fourth-order valence-corrected chi connectivity index (χ4v) is 2.58. The number of carbonyl (C=O) groups is 1. The highest BCUT2D eigenvalue weighted by molar-refractivity contribution is 5.89. The van der Waals surface area contributed by atoms with Gasteiger partial charge >= 0.3 is 6.03 Å². The van der Waals surface area contributed by atoms with Gasteiger partial charge in [-0.05, 0) is 0 Å². The lowest BCUT2D eigenvalue weighted by Crippen LogP contribution is -2.41. The van der Waals surface area contributed by atoms with Crippen molar-refractivity contribution < 1.29 is 18.3 Å². The summed E-state index contributed by atoms with van der Waals surface area (Å²) in [7, 11) is 3.08. The van der Waals surface area contributed by atoms with Gasteiger partial charge in [-0.2, -0.15) is 5.10 Å². The molecule has 3 rings (SSSR count). The standard InChI is InChI=1S/C13H17F2N7O2/c1-20-5-8(11(19-20)12(14)15)16-13(23)21-3-4-22-9(6-21)17-18-10(22)7-24-2/h5,12H,3-4,6-7H2,1-2H3,(H,16,23). The maximum absolute atomic E-state index is 12.9. The summed E-state index contributed by atoms with van der Waals surface area (Å²) in [5, 5.41) is 14.2. The van der Waals surface area contributed by atoms with Gasteiger partial charge in [-0.25, -0.2) is 13.6 Å². The van der Waals surface area contributed by atoms with Crippen LogP contribution >= 0.6 is 0 Å². The van der Waals surface area contributed by atoms with Crippen molar-refractivity contribution in [3.8, 4) is 0 Å². The number of hydrogen-bond acceptors (Lipinski definition) is 5. The number of nitrogens with zero attached hydrogens (tertiary/aromatic N) is 6. The van der Waals surface area contributed by atoms with Crippen LogP contribution in [-0.4, -0.2) is 49.1 Å². The average molecular weight is 341 g/mol. The van der Waals surface area contributed by atoms with Crippen molar-refractivity contribution in [1.82, 2.24) is 29.4 Å². The number of fused-ring (bicyclic) bond motifs is 1. The molecule has 2 aromatic heterocycles. The van der Waals surface area contributed by atoms with Gasteiger partial charge in [0.1, 0.15) is 6.61 Å². The van der Waals surface area contributed by atoms with Gasteiger partial charge in [0.15, 0.2) is 17.3 Å². The van der Waals surface area contributed by atoms with E-state index < -0.39 is 18.2 Å². The molecule has 0 radical (unpaired) electrons. The molecule has 2 amide bonds. The Labute approximate surface area is 136 Å². The molecule has 0 bridgehead atoms. The Bertz CT molecular complexity index is 743. The molecule has 0 aliphatic carbocycles. The number of ether oxygens (including phenoxy) is 1. The van der Waals surface area contributed by atoms with E-state index in [4.69, 9.17) is 4.74 Å². The smallest absolute Gasteiger partial charge is 0.322 e. The summed E-state index contributed by atoms with van der Waals surface area (Å²) in [5.74, 6) is 1.32. The molecule has 1 aliphatic rings. The molecule has 3 heterocycles. The van der Waals surface area contributed by atoms with Crippen molar-refractivity contribution in [3.63, 3.8) is 0 Å². The number of rotatable bonds is 4. The van der Waals surface area contributed by atoms with Crippen LogP contribution < -0.4 is 5.32 Å². The number of anilines is 1. The molecule has 0 spiro atoms. The summed E-state index contributed by atoms with van der Waals surface area (Å²) >= 11 is 0. The Morgan fingerprint density at radius 2 is 2.21 bits per heavy atom. The number of urea groups is 1. The maximum atomic E-state index is 12.9. The lowest BCUT2D eigenvalue weighted by molar-refractivity contribution is 0.146. The summed E-state index contributed by atoms with van der Waals surface area (Å²) in [6.07, 6.45) is -1.41. The third-order valence-electron chi connectivity index (χ3n) is 3.70. The van der Waals surface area contributed by atoms with Crippen molar-refractivity contribution in [2.24, 2.45) is 7.05 Å². The molecule has 0 aromatic carbocycles. The molecular formula is C13H17F2N7O2. The van der Waals surface area contributed by atoms with Crippen LogP contribution in [0.15, 0.2) is 6.20 Å². The van der Waals surface area contributed by atoms with Gasteiger partial charge < -0.3 is 19.5 Å². The minimum absolute atomic E-state index is 0.00427. The lowest BCUT2D eigenvalue weighted by atomic mass is 10.3. The highest BCUT2D eigenvalue weighted by Gasteiger charge is 2.26. The molecule has 11 heteroatoms. The predicted molar refractivity (Wildman–Crippen MR) is 78.3 cm³/mol. The first-order chi connectivity index (χ1) is 11.5. The summed E-state index contributed by atoms with van der Waals surface area (Å²) in [6, 6.07) is -0.479. The number of hydrogen-bond donors (Lipinski definition) is 1. The summed E-state index contributed by atoms with van der Waals surface area (Å²) in [6.45, 7) is 1.51. The van der Waals surface area contributed by atoms with E-state index >= 15 is 0 Å². The van der Waals surface area contributed by atoms with Crippen molar-refractivity contribution in [3.05, 3.63) is 23.5 Å². The first-order valence-electron chi connectivity index (χ1n) is 7.27. The van der Waals surface area contributed by atoms with Gasteiger partial charge in [0.25, 0.3) is 6.43 Å². The van der Waals surface area contributed by atoms with Crippen LogP contribution in [0.3, 0.4) is 0 Å². The average Bonchev–Trinajstić information content (AvgIpc) is 3.11. The molecule has 1 aliphatic heterocycles. The van der Waals surface area contributed by atoms with E-state index in [1.54, 1.807) is 7.11 Å². The van der Waals surface area contributed by atoms with E-state index in [1.807, 2.05) is 4.57 Å². The summed E-state index contributed by atoms with van der Waals surface area (Å²) in [5.41, 5.74) is -0.446. The number of halogens is 2. The molecular weight excluding hydrogens is 324 g/mol. The van der Waals surface area contributed by atoms with E-state index in [1.165, 1.54) is 22.8 Å². The molecule has 24 heavy (non-hydrogen) atoms. The zero-order chi connectivity index (χ0) is 17.3. The minimum atomic E-state index is -2.76.